The smallest absolute Gasteiger partial charge is 0.205 e. The van der Waals surface area contributed by atoms with E-state index in [0.29, 0.717) is 6.61 Å². The molecule has 0 unspecified atom stereocenters. The molecule has 0 aliphatic carbocycles. The minimum Gasteiger partial charge on any atom is -0.413 e. The highest BCUT2D eigenvalue weighted by molar-refractivity contribution is 9.10. The summed E-state index contributed by atoms with van der Waals surface area (Å²) in [5.74, 6) is 0. The van der Waals surface area contributed by atoms with E-state index in [1.807, 2.05) is 12.1 Å². The Morgan fingerprint density at radius 1 is 1.29 bits per heavy atom. The molecule has 0 fully saturated rings. The fourth-order valence-electron chi connectivity index (χ4n) is 1.52. The van der Waals surface area contributed by atoms with Crippen LogP contribution in [0.3, 0.4) is 0 Å². The van der Waals surface area contributed by atoms with E-state index in [1.54, 1.807) is 0 Å². The zero-order chi connectivity index (χ0) is 13.2. The van der Waals surface area contributed by atoms with Gasteiger partial charge in [-0.15, -0.1) is 0 Å². The highest BCUT2D eigenvalue weighted by Gasteiger charge is 2.20. The van der Waals surface area contributed by atoms with Crippen molar-refractivity contribution in [3.63, 3.8) is 0 Å². The minimum atomic E-state index is -0.673. The second-order valence-electron chi connectivity index (χ2n) is 5.37. The molecule has 4 heteroatoms. The highest BCUT2D eigenvalue weighted by atomic mass is 79.9. The molecule has 1 aromatic rings. The normalized spacial score (nSPS) is 12.2. The summed E-state index contributed by atoms with van der Waals surface area (Å²) in [6.07, 6.45) is 0. The summed E-state index contributed by atoms with van der Waals surface area (Å²) >= 11 is 9.85. The number of hydrogen-bond acceptors (Lipinski definition) is 1. The molecule has 0 saturated carbocycles. The lowest BCUT2D eigenvalue weighted by molar-refractivity contribution is 0.313. The van der Waals surface area contributed by atoms with Crippen LogP contribution in [0.15, 0.2) is 16.6 Å². The van der Waals surface area contributed by atoms with Crippen LogP contribution < -0.4 is 0 Å². The zero-order valence-corrected chi connectivity index (χ0v) is 14.4. The first-order valence-electron chi connectivity index (χ1n) is 5.63. The van der Waals surface area contributed by atoms with Gasteiger partial charge < -0.3 is 4.43 Å². The maximum Gasteiger partial charge on any atom is 0.205 e. The van der Waals surface area contributed by atoms with Crippen molar-refractivity contribution in [3.8, 4) is 0 Å². The molecular weight excluding hydrogens is 316 g/mol. The average Bonchev–Trinajstić information content (AvgIpc) is 2.17. The molecule has 0 aromatic heterocycles. The molecule has 1 nitrogen and oxygen atoms in total. The molecule has 0 aliphatic rings. The summed E-state index contributed by atoms with van der Waals surface area (Å²) in [6.45, 7) is 11.4. The molecule has 0 aliphatic heterocycles. The standard InChI is InChI=1S/C13H19BrClOSi/c1-13(2,3)11-7-10(15)6-9(12(11)14)8-16-17(4)5/h6-7H,8H2,1-5H3. The SMILES string of the molecule is C[Si](C)OCc1cc(Cl)cc(C(C)(C)C)c1Br. The van der Waals surface area contributed by atoms with Crippen molar-refractivity contribution >= 4 is 36.6 Å². The first kappa shape index (κ1) is 15.2. The van der Waals surface area contributed by atoms with Crippen LogP contribution in [0, 0.1) is 0 Å². The van der Waals surface area contributed by atoms with Gasteiger partial charge in [0.2, 0.25) is 9.04 Å². The predicted molar refractivity (Wildman–Crippen MR) is 80.1 cm³/mol. The number of hydrogen-bond donors (Lipinski definition) is 0. The lowest BCUT2D eigenvalue weighted by Gasteiger charge is -2.23. The van der Waals surface area contributed by atoms with Crippen molar-refractivity contribution in [1.82, 2.24) is 0 Å². The predicted octanol–water partition coefficient (Wildman–Crippen LogP) is 5.17. The third kappa shape index (κ3) is 4.40. The first-order valence-corrected chi connectivity index (χ1v) is 9.21. The summed E-state index contributed by atoms with van der Waals surface area (Å²) in [5.41, 5.74) is 2.43. The number of benzene rings is 1. The highest BCUT2D eigenvalue weighted by Crippen LogP contribution is 2.35. The maximum absolute atomic E-state index is 6.18. The van der Waals surface area contributed by atoms with Gasteiger partial charge in [-0.1, -0.05) is 48.3 Å². The summed E-state index contributed by atoms with van der Waals surface area (Å²) < 4.78 is 6.87. The molecule has 0 spiro atoms. The fourth-order valence-corrected chi connectivity index (χ4v) is 3.14. The van der Waals surface area contributed by atoms with Gasteiger partial charge in [0, 0.05) is 9.50 Å². The van der Waals surface area contributed by atoms with E-state index in [4.69, 9.17) is 16.0 Å². The summed E-state index contributed by atoms with van der Waals surface area (Å²) in [4.78, 5) is 0. The summed E-state index contributed by atoms with van der Waals surface area (Å²) in [6, 6.07) is 4.00. The molecule has 1 aromatic carbocycles. The molecule has 95 valence electrons. The molecule has 17 heavy (non-hydrogen) atoms. The molecule has 0 saturated heterocycles. The van der Waals surface area contributed by atoms with Crippen LogP contribution in [0.4, 0.5) is 0 Å². The third-order valence-corrected chi connectivity index (χ3v) is 4.31. The van der Waals surface area contributed by atoms with E-state index < -0.39 is 9.04 Å². The zero-order valence-electron chi connectivity index (χ0n) is 11.0. The topological polar surface area (TPSA) is 9.23 Å². The van der Waals surface area contributed by atoms with Gasteiger partial charge in [0.05, 0.1) is 6.61 Å². The van der Waals surface area contributed by atoms with E-state index in [1.165, 1.54) is 5.56 Å². The Balaban J connectivity index is 3.11. The van der Waals surface area contributed by atoms with Gasteiger partial charge >= 0.3 is 0 Å². The van der Waals surface area contributed by atoms with Crippen molar-refractivity contribution in [1.29, 1.82) is 0 Å². The Hall–Kier alpha value is 0.167. The van der Waals surface area contributed by atoms with E-state index in [9.17, 15) is 0 Å². The number of halogens is 2. The van der Waals surface area contributed by atoms with Crippen molar-refractivity contribution in [2.75, 3.05) is 0 Å². The van der Waals surface area contributed by atoms with Gasteiger partial charge in [0.1, 0.15) is 0 Å². The first-order chi connectivity index (χ1) is 7.71. The van der Waals surface area contributed by atoms with Crippen LogP contribution in [0.2, 0.25) is 18.1 Å². The average molecular weight is 335 g/mol. The van der Waals surface area contributed by atoms with E-state index in [0.717, 1.165) is 15.1 Å². The molecule has 0 bridgehead atoms. The van der Waals surface area contributed by atoms with Gasteiger partial charge in [-0.25, -0.2) is 0 Å². The summed E-state index contributed by atoms with van der Waals surface area (Å²) in [5, 5.41) is 0.776. The Morgan fingerprint density at radius 3 is 2.35 bits per heavy atom. The molecule has 0 amide bonds. The largest absolute Gasteiger partial charge is 0.413 e. The molecule has 0 atom stereocenters. The second-order valence-corrected chi connectivity index (χ2v) is 8.71. The van der Waals surface area contributed by atoms with Gasteiger partial charge in [0.25, 0.3) is 0 Å². The molecular formula is C13H19BrClOSi. The van der Waals surface area contributed by atoms with E-state index in [-0.39, 0.29) is 5.41 Å². The van der Waals surface area contributed by atoms with Crippen molar-refractivity contribution in [2.45, 2.75) is 45.9 Å². The van der Waals surface area contributed by atoms with Crippen LogP contribution in [0.1, 0.15) is 31.9 Å². The maximum atomic E-state index is 6.18. The number of rotatable bonds is 3. The molecule has 0 N–H and O–H groups in total. The van der Waals surface area contributed by atoms with Gasteiger partial charge in [-0.2, -0.15) is 0 Å². The van der Waals surface area contributed by atoms with Crippen LogP contribution in [0.25, 0.3) is 0 Å². The Morgan fingerprint density at radius 2 is 1.88 bits per heavy atom. The Labute approximate surface area is 119 Å². The molecule has 1 rings (SSSR count). The van der Waals surface area contributed by atoms with Gasteiger partial charge in [0.15, 0.2) is 0 Å². The van der Waals surface area contributed by atoms with Crippen molar-refractivity contribution < 1.29 is 4.43 Å². The second kappa shape index (κ2) is 5.87. The van der Waals surface area contributed by atoms with E-state index in [2.05, 4.69) is 49.8 Å². The van der Waals surface area contributed by atoms with Crippen LogP contribution in [-0.2, 0) is 16.4 Å². The Bertz CT molecular complexity index is 399. The van der Waals surface area contributed by atoms with Crippen LogP contribution in [0.5, 0.6) is 0 Å². The lowest BCUT2D eigenvalue weighted by atomic mass is 9.86. The summed E-state index contributed by atoms with van der Waals surface area (Å²) in [7, 11) is -0.673. The quantitative estimate of drug-likeness (QED) is 0.693. The van der Waals surface area contributed by atoms with E-state index >= 15 is 0 Å². The monoisotopic (exact) mass is 333 g/mol. The van der Waals surface area contributed by atoms with Gasteiger partial charge in [-0.3, -0.25) is 0 Å². The van der Waals surface area contributed by atoms with Gasteiger partial charge in [-0.05, 0) is 41.8 Å². The van der Waals surface area contributed by atoms with Crippen molar-refractivity contribution in [2.24, 2.45) is 0 Å². The molecule has 1 radical (unpaired) electrons. The third-order valence-electron chi connectivity index (χ3n) is 2.44. The fraction of sp³-hybridized carbons (Fsp3) is 0.538. The lowest BCUT2D eigenvalue weighted by Crippen LogP contribution is -2.14. The molecule has 0 heterocycles. The van der Waals surface area contributed by atoms with Crippen molar-refractivity contribution in [3.05, 3.63) is 32.8 Å². The van der Waals surface area contributed by atoms with Crippen LogP contribution >= 0.6 is 27.5 Å². The minimum absolute atomic E-state index is 0.0741. The van der Waals surface area contributed by atoms with Crippen LogP contribution in [-0.4, -0.2) is 9.04 Å². The Kier molecular flexibility index (Phi) is 5.26.